The number of hydrogen-bond donors (Lipinski definition) is 1. The molecule has 3 nitrogen and oxygen atoms in total. The first-order chi connectivity index (χ1) is 9.96. The summed E-state index contributed by atoms with van der Waals surface area (Å²) in [6, 6.07) is 13.8. The van der Waals surface area contributed by atoms with E-state index < -0.39 is 15.8 Å². The summed E-state index contributed by atoms with van der Waals surface area (Å²) < 4.78 is 40.5. The third kappa shape index (κ3) is 5.22. The Hall–Kier alpha value is -1.24. The standard InChI is InChI=1S/C15H15BrFNO2S/c16-14-6-7-15(17)13(10-14)11-18-21(19,20)9-8-12-4-2-1-3-5-12/h1-7,10,18H,8-9,11H2. The molecule has 0 aliphatic heterocycles. The molecule has 0 amide bonds. The van der Waals surface area contributed by atoms with Gasteiger partial charge in [0.05, 0.1) is 5.75 Å². The van der Waals surface area contributed by atoms with E-state index in [0.717, 1.165) is 5.56 Å². The minimum absolute atomic E-state index is 0.0212. The lowest BCUT2D eigenvalue weighted by atomic mass is 10.2. The maximum Gasteiger partial charge on any atom is 0.212 e. The summed E-state index contributed by atoms with van der Waals surface area (Å²) in [6.45, 7) is -0.0532. The van der Waals surface area contributed by atoms with Crippen molar-refractivity contribution >= 4 is 26.0 Å². The highest BCUT2D eigenvalue weighted by Gasteiger charge is 2.12. The molecule has 112 valence electrons. The zero-order valence-corrected chi connectivity index (χ0v) is 13.6. The smallest absolute Gasteiger partial charge is 0.212 e. The van der Waals surface area contributed by atoms with Gasteiger partial charge in [-0.1, -0.05) is 46.3 Å². The fraction of sp³-hybridized carbons (Fsp3) is 0.200. The van der Waals surface area contributed by atoms with Crippen LogP contribution in [0.2, 0.25) is 0 Å². The van der Waals surface area contributed by atoms with Gasteiger partial charge in [0, 0.05) is 16.6 Å². The zero-order valence-electron chi connectivity index (χ0n) is 11.2. The van der Waals surface area contributed by atoms with Gasteiger partial charge in [-0.15, -0.1) is 0 Å². The van der Waals surface area contributed by atoms with Gasteiger partial charge in [0.1, 0.15) is 5.82 Å². The number of sulfonamides is 1. The molecule has 0 aromatic heterocycles. The molecule has 0 fully saturated rings. The van der Waals surface area contributed by atoms with Crippen molar-refractivity contribution in [3.8, 4) is 0 Å². The molecule has 2 rings (SSSR count). The number of rotatable bonds is 6. The van der Waals surface area contributed by atoms with Gasteiger partial charge in [-0.25, -0.2) is 17.5 Å². The van der Waals surface area contributed by atoms with E-state index in [2.05, 4.69) is 20.7 Å². The molecule has 0 heterocycles. The molecule has 0 unspecified atom stereocenters. The van der Waals surface area contributed by atoms with Crippen LogP contribution in [-0.2, 0) is 23.0 Å². The normalized spacial score (nSPS) is 11.5. The number of nitrogens with one attached hydrogen (secondary N) is 1. The second-order valence-corrected chi connectivity index (χ2v) is 7.45. The molecule has 0 spiro atoms. The van der Waals surface area contributed by atoms with Crippen LogP contribution in [0.25, 0.3) is 0 Å². The first kappa shape index (κ1) is 16.1. The predicted octanol–water partition coefficient (Wildman–Crippen LogP) is 3.25. The van der Waals surface area contributed by atoms with E-state index in [0.29, 0.717) is 16.5 Å². The molecule has 1 N–H and O–H groups in total. The van der Waals surface area contributed by atoms with Crippen molar-refractivity contribution in [2.24, 2.45) is 0 Å². The summed E-state index contributed by atoms with van der Waals surface area (Å²) in [5, 5.41) is 0. The van der Waals surface area contributed by atoms with Crippen LogP contribution in [0, 0.1) is 5.82 Å². The van der Waals surface area contributed by atoms with E-state index in [9.17, 15) is 12.8 Å². The van der Waals surface area contributed by atoms with Crippen molar-refractivity contribution in [3.63, 3.8) is 0 Å². The Morgan fingerprint density at radius 2 is 1.81 bits per heavy atom. The Labute approximate surface area is 132 Å². The topological polar surface area (TPSA) is 46.2 Å². The lowest BCUT2D eigenvalue weighted by Crippen LogP contribution is -2.27. The van der Waals surface area contributed by atoms with Crippen molar-refractivity contribution in [2.75, 3.05) is 5.75 Å². The van der Waals surface area contributed by atoms with E-state index in [1.165, 1.54) is 6.07 Å². The van der Waals surface area contributed by atoms with Crippen molar-refractivity contribution < 1.29 is 12.8 Å². The first-order valence-corrected chi connectivity index (χ1v) is 8.86. The lowest BCUT2D eigenvalue weighted by Gasteiger charge is -2.08. The fourth-order valence-corrected chi connectivity index (χ4v) is 3.27. The van der Waals surface area contributed by atoms with Crippen LogP contribution < -0.4 is 4.72 Å². The van der Waals surface area contributed by atoms with Crippen molar-refractivity contribution in [3.05, 3.63) is 69.9 Å². The Balaban J connectivity index is 1.93. The average Bonchev–Trinajstić information content (AvgIpc) is 2.47. The lowest BCUT2D eigenvalue weighted by molar-refractivity contribution is 0.573. The van der Waals surface area contributed by atoms with Gasteiger partial charge in [-0.2, -0.15) is 0 Å². The van der Waals surface area contributed by atoms with Crippen LogP contribution >= 0.6 is 15.9 Å². The van der Waals surface area contributed by atoms with E-state index in [-0.39, 0.29) is 12.3 Å². The van der Waals surface area contributed by atoms with Gasteiger partial charge in [-0.3, -0.25) is 0 Å². The Bertz CT molecular complexity index is 705. The first-order valence-electron chi connectivity index (χ1n) is 6.41. The van der Waals surface area contributed by atoms with E-state index in [4.69, 9.17) is 0 Å². The summed E-state index contributed by atoms with van der Waals surface area (Å²) in [5.74, 6) is -0.448. The van der Waals surface area contributed by atoms with Crippen LogP contribution in [0.1, 0.15) is 11.1 Å². The maximum absolute atomic E-state index is 13.5. The molecule has 0 saturated heterocycles. The molecule has 6 heteroatoms. The average molecular weight is 372 g/mol. The monoisotopic (exact) mass is 371 g/mol. The van der Waals surface area contributed by atoms with Crippen LogP contribution in [-0.4, -0.2) is 14.2 Å². The van der Waals surface area contributed by atoms with Crippen LogP contribution in [0.5, 0.6) is 0 Å². The minimum Gasteiger partial charge on any atom is -0.212 e. The maximum atomic E-state index is 13.5. The third-order valence-corrected chi connectivity index (χ3v) is 4.81. The summed E-state index contributed by atoms with van der Waals surface area (Å²) in [6.07, 6.45) is 0.428. The predicted molar refractivity (Wildman–Crippen MR) is 84.9 cm³/mol. The van der Waals surface area contributed by atoms with E-state index in [1.54, 1.807) is 12.1 Å². The number of halogens is 2. The Morgan fingerprint density at radius 1 is 1.10 bits per heavy atom. The number of aryl methyl sites for hydroxylation is 1. The molecular weight excluding hydrogens is 357 g/mol. The molecule has 0 saturated carbocycles. The molecule has 0 bridgehead atoms. The largest absolute Gasteiger partial charge is 0.212 e. The van der Waals surface area contributed by atoms with Crippen LogP contribution in [0.3, 0.4) is 0 Å². The van der Waals surface area contributed by atoms with Crippen molar-refractivity contribution in [1.82, 2.24) is 4.72 Å². The SMILES string of the molecule is O=S(=O)(CCc1ccccc1)NCc1cc(Br)ccc1F. The highest BCUT2D eigenvalue weighted by Crippen LogP contribution is 2.15. The third-order valence-electron chi connectivity index (χ3n) is 2.99. The second kappa shape index (κ2) is 7.15. The molecular formula is C15H15BrFNO2S. The highest BCUT2D eigenvalue weighted by molar-refractivity contribution is 9.10. The van der Waals surface area contributed by atoms with Gasteiger partial charge < -0.3 is 0 Å². The summed E-state index contributed by atoms with van der Waals surface area (Å²) >= 11 is 3.23. The van der Waals surface area contributed by atoms with E-state index in [1.807, 2.05) is 30.3 Å². The van der Waals surface area contributed by atoms with Gasteiger partial charge in [0.25, 0.3) is 0 Å². The van der Waals surface area contributed by atoms with Crippen LogP contribution in [0.15, 0.2) is 53.0 Å². The molecule has 21 heavy (non-hydrogen) atoms. The molecule has 2 aromatic carbocycles. The fourth-order valence-electron chi connectivity index (χ4n) is 1.84. The van der Waals surface area contributed by atoms with Gasteiger partial charge in [0.15, 0.2) is 0 Å². The summed E-state index contributed by atoms with van der Waals surface area (Å²) in [7, 11) is -3.44. The van der Waals surface area contributed by atoms with Crippen LogP contribution in [0.4, 0.5) is 4.39 Å². The van der Waals surface area contributed by atoms with Gasteiger partial charge >= 0.3 is 0 Å². The minimum atomic E-state index is -3.44. The van der Waals surface area contributed by atoms with Gasteiger partial charge in [0.2, 0.25) is 10.0 Å². The summed E-state index contributed by atoms with van der Waals surface area (Å²) in [4.78, 5) is 0. The van der Waals surface area contributed by atoms with Crippen molar-refractivity contribution in [2.45, 2.75) is 13.0 Å². The quantitative estimate of drug-likeness (QED) is 0.846. The second-order valence-electron chi connectivity index (χ2n) is 4.61. The molecule has 0 radical (unpaired) electrons. The number of hydrogen-bond acceptors (Lipinski definition) is 2. The molecule has 0 atom stereocenters. The van der Waals surface area contributed by atoms with Crippen molar-refractivity contribution in [1.29, 1.82) is 0 Å². The Morgan fingerprint density at radius 3 is 2.52 bits per heavy atom. The molecule has 0 aliphatic rings. The van der Waals surface area contributed by atoms with Gasteiger partial charge in [-0.05, 0) is 30.2 Å². The Kier molecular flexibility index (Phi) is 5.50. The van der Waals surface area contributed by atoms with E-state index >= 15 is 0 Å². The summed E-state index contributed by atoms with van der Waals surface area (Å²) in [5.41, 5.74) is 1.27. The highest BCUT2D eigenvalue weighted by atomic mass is 79.9. The molecule has 0 aliphatic carbocycles. The molecule has 2 aromatic rings. The number of benzene rings is 2. The zero-order chi connectivity index (χ0) is 15.3.